The first-order chi connectivity index (χ1) is 8.79. The van der Waals surface area contributed by atoms with Crippen LogP contribution in [0.1, 0.15) is 23.7 Å². The van der Waals surface area contributed by atoms with Crippen LogP contribution in [0, 0.1) is 0 Å². The van der Waals surface area contributed by atoms with Crippen LogP contribution in [0.3, 0.4) is 0 Å². The topological polar surface area (TPSA) is 42.7 Å². The van der Waals surface area contributed by atoms with E-state index < -0.39 is 0 Å². The van der Waals surface area contributed by atoms with Gasteiger partial charge in [-0.1, -0.05) is 13.0 Å². The standard InChI is InChI=1S/C14H20N4/c1-3-13-5-4-7-16-14(13)10-15-8-6-12-9-17-18(2)11-12/h4-5,7,9,11,15H,3,6,8,10H2,1-2H3. The molecule has 1 N–H and O–H groups in total. The summed E-state index contributed by atoms with van der Waals surface area (Å²) in [5.74, 6) is 0. The summed E-state index contributed by atoms with van der Waals surface area (Å²) in [5.41, 5.74) is 3.75. The highest BCUT2D eigenvalue weighted by molar-refractivity contribution is 5.19. The van der Waals surface area contributed by atoms with Crippen molar-refractivity contribution >= 4 is 0 Å². The third-order valence-corrected chi connectivity index (χ3v) is 3.01. The summed E-state index contributed by atoms with van der Waals surface area (Å²) in [4.78, 5) is 4.42. The molecule has 0 aliphatic rings. The van der Waals surface area contributed by atoms with E-state index in [2.05, 4.69) is 34.6 Å². The molecule has 0 bridgehead atoms. The lowest BCUT2D eigenvalue weighted by Crippen LogP contribution is -2.18. The third kappa shape index (κ3) is 3.40. The maximum atomic E-state index is 4.42. The van der Waals surface area contributed by atoms with Crippen molar-refractivity contribution in [2.75, 3.05) is 6.54 Å². The molecule has 0 saturated heterocycles. The Morgan fingerprint density at radius 3 is 3.00 bits per heavy atom. The lowest BCUT2D eigenvalue weighted by Gasteiger charge is -2.07. The largest absolute Gasteiger partial charge is 0.311 e. The average molecular weight is 244 g/mol. The molecule has 0 aliphatic heterocycles. The first-order valence-corrected chi connectivity index (χ1v) is 6.40. The molecule has 0 aliphatic carbocycles. The summed E-state index contributed by atoms with van der Waals surface area (Å²) in [5, 5.41) is 7.59. The Morgan fingerprint density at radius 1 is 1.39 bits per heavy atom. The predicted molar refractivity (Wildman–Crippen MR) is 72.2 cm³/mol. The van der Waals surface area contributed by atoms with Crippen molar-refractivity contribution in [2.24, 2.45) is 7.05 Å². The summed E-state index contributed by atoms with van der Waals surface area (Å²) in [6, 6.07) is 4.14. The van der Waals surface area contributed by atoms with E-state index in [-0.39, 0.29) is 0 Å². The second-order valence-corrected chi connectivity index (χ2v) is 4.41. The quantitative estimate of drug-likeness (QED) is 0.787. The van der Waals surface area contributed by atoms with Gasteiger partial charge in [0.25, 0.3) is 0 Å². The highest BCUT2D eigenvalue weighted by Gasteiger charge is 2.01. The van der Waals surface area contributed by atoms with Gasteiger partial charge in [0.2, 0.25) is 0 Å². The molecule has 2 heterocycles. The van der Waals surface area contributed by atoms with Crippen LogP contribution in [0.2, 0.25) is 0 Å². The Morgan fingerprint density at radius 2 is 2.28 bits per heavy atom. The highest BCUT2D eigenvalue weighted by Crippen LogP contribution is 2.05. The number of rotatable bonds is 6. The van der Waals surface area contributed by atoms with Crippen molar-refractivity contribution in [2.45, 2.75) is 26.3 Å². The van der Waals surface area contributed by atoms with E-state index in [0.717, 1.165) is 31.6 Å². The SMILES string of the molecule is CCc1cccnc1CNCCc1cnn(C)c1. The monoisotopic (exact) mass is 244 g/mol. The molecule has 0 radical (unpaired) electrons. The average Bonchev–Trinajstić information content (AvgIpc) is 2.81. The summed E-state index contributed by atoms with van der Waals surface area (Å²) in [6.07, 6.45) is 7.87. The number of hydrogen-bond donors (Lipinski definition) is 1. The minimum Gasteiger partial charge on any atom is -0.311 e. The van der Waals surface area contributed by atoms with Gasteiger partial charge in [-0.05, 0) is 36.6 Å². The fourth-order valence-corrected chi connectivity index (χ4v) is 1.99. The Kier molecular flexibility index (Phi) is 4.47. The first-order valence-electron chi connectivity index (χ1n) is 6.40. The number of nitrogens with one attached hydrogen (secondary N) is 1. The maximum absolute atomic E-state index is 4.42. The van der Waals surface area contributed by atoms with Crippen molar-refractivity contribution in [3.05, 3.63) is 47.5 Å². The zero-order chi connectivity index (χ0) is 12.8. The maximum Gasteiger partial charge on any atom is 0.0573 e. The van der Waals surface area contributed by atoms with Crippen LogP contribution < -0.4 is 5.32 Å². The zero-order valence-corrected chi connectivity index (χ0v) is 11.1. The molecule has 0 spiro atoms. The van der Waals surface area contributed by atoms with Crippen LogP contribution in [0.25, 0.3) is 0 Å². The van der Waals surface area contributed by atoms with E-state index in [9.17, 15) is 0 Å². The van der Waals surface area contributed by atoms with E-state index in [1.54, 1.807) is 0 Å². The van der Waals surface area contributed by atoms with Gasteiger partial charge in [-0.3, -0.25) is 9.67 Å². The molecule has 18 heavy (non-hydrogen) atoms. The van der Waals surface area contributed by atoms with Crippen molar-refractivity contribution in [3.63, 3.8) is 0 Å². The summed E-state index contributed by atoms with van der Waals surface area (Å²) in [6.45, 7) is 3.95. The second kappa shape index (κ2) is 6.31. The Balaban J connectivity index is 1.78. The van der Waals surface area contributed by atoms with Crippen molar-refractivity contribution in [1.29, 1.82) is 0 Å². The molecule has 96 valence electrons. The van der Waals surface area contributed by atoms with Crippen molar-refractivity contribution in [3.8, 4) is 0 Å². The number of aromatic nitrogens is 3. The van der Waals surface area contributed by atoms with Gasteiger partial charge in [0.1, 0.15) is 0 Å². The van der Waals surface area contributed by atoms with E-state index >= 15 is 0 Å². The lowest BCUT2D eigenvalue weighted by molar-refractivity contribution is 0.669. The Bertz CT molecular complexity index is 490. The molecule has 2 aromatic heterocycles. The molecule has 0 saturated carbocycles. The normalized spacial score (nSPS) is 10.8. The van der Waals surface area contributed by atoms with Gasteiger partial charge in [-0.2, -0.15) is 5.10 Å². The van der Waals surface area contributed by atoms with Gasteiger partial charge in [0.05, 0.1) is 11.9 Å². The van der Waals surface area contributed by atoms with E-state index in [1.165, 1.54) is 11.1 Å². The number of hydrogen-bond acceptors (Lipinski definition) is 3. The highest BCUT2D eigenvalue weighted by atomic mass is 15.2. The number of pyridine rings is 1. The van der Waals surface area contributed by atoms with E-state index in [4.69, 9.17) is 0 Å². The van der Waals surface area contributed by atoms with Gasteiger partial charge >= 0.3 is 0 Å². The fourth-order valence-electron chi connectivity index (χ4n) is 1.99. The van der Waals surface area contributed by atoms with Crippen LogP contribution in [-0.4, -0.2) is 21.3 Å². The molecule has 2 aromatic rings. The minimum absolute atomic E-state index is 0.838. The van der Waals surface area contributed by atoms with Gasteiger partial charge in [-0.25, -0.2) is 0 Å². The van der Waals surface area contributed by atoms with Crippen molar-refractivity contribution in [1.82, 2.24) is 20.1 Å². The first kappa shape index (κ1) is 12.8. The molecule has 0 atom stereocenters. The van der Waals surface area contributed by atoms with Gasteiger partial charge in [0.15, 0.2) is 0 Å². The molecular weight excluding hydrogens is 224 g/mol. The van der Waals surface area contributed by atoms with E-state index in [0.29, 0.717) is 0 Å². The molecule has 4 nitrogen and oxygen atoms in total. The molecule has 4 heteroatoms. The van der Waals surface area contributed by atoms with Crippen LogP contribution in [0.4, 0.5) is 0 Å². The second-order valence-electron chi connectivity index (χ2n) is 4.41. The van der Waals surface area contributed by atoms with Crippen LogP contribution in [0.5, 0.6) is 0 Å². The third-order valence-electron chi connectivity index (χ3n) is 3.01. The molecule has 0 unspecified atom stereocenters. The number of nitrogens with zero attached hydrogens (tertiary/aromatic N) is 3. The molecule has 0 fully saturated rings. The predicted octanol–water partition coefficient (Wildman–Crippen LogP) is 1.71. The van der Waals surface area contributed by atoms with Gasteiger partial charge in [0, 0.05) is 26.0 Å². The van der Waals surface area contributed by atoms with Gasteiger partial charge in [-0.15, -0.1) is 0 Å². The zero-order valence-electron chi connectivity index (χ0n) is 11.1. The van der Waals surface area contributed by atoms with Crippen molar-refractivity contribution < 1.29 is 0 Å². The lowest BCUT2D eigenvalue weighted by atomic mass is 10.1. The summed E-state index contributed by atoms with van der Waals surface area (Å²) >= 11 is 0. The Labute approximate surface area is 108 Å². The minimum atomic E-state index is 0.838. The fraction of sp³-hybridized carbons (Fsp3) is 0.429. The van der Waals surface area contributed by atoms with Crippen LogP contribution in [0.15, 0.2) is 30.7 Å². The van der Waals surface area contributed by atoms with Gasteiger partial charge < -0.3 is 5.32 Å². The summed E-state index contributed by atoms with van der Waals surface area (Å²) in [7, 11) is 1.94. The molecule has 2 rings (SSSR count). The Hall–Kier alpha value is -1.68. The van der Waals surface area contributed by atoms with E-state index in [1.807, 2.05) is 30.2 Å². The molecule has 0 amide bonds. The number of aryl methyl sites for hydroxylation is 2. The van der Waals surface area contributed by atoms with Crippen LogP contribution >= 0.6 is 0 Å². The molecular formula is C14H20N4. The molecule has 0 aromatic carbocycles. The van der Waals surface area contributed by atoms with Crippen LogP contribution in [-0.2, 0) is 26.4 Å². The summed E-state index contributed by atoms with van der Waals surface area (Å²) < 4.78 is 1.84. The smallest absolute Gasteiger partial charge is 0.0573 e.